The Bertz CT molecular complexity index is 482. The molecule has 0 spiro atoms. The van der Waals surface area contributed by atoms with E-state index >= 15 is 0 Å². The Morgan fingerprint density at radius 3 is 2.78 bits per heavy atom. The maximum atomic E-state index is 11.3. The molecule has 0 aromatic heterocycles. The number of ether oxygens (including phenoxy) is 1. The van der Waals surface area contributed by atoms with E-state index in [0.717, 1.165) is 5.69 Å². The van der Waals surface area contributed by atoms with Crippen LogP contribution in [0.5, 0.6) is 0 Å². The molecule has 0 saturated carbocycles. The second kappa shape index (κ2) is 6.27. The predicted molar refractivity (Wildman–Crippen MR) is 70.6 cm³/mol. The van der Waals surface area contributed by atoms with E-state index in [9.17, 15) is 4.79 Å². The van der Waals surface area contributed by atoms with Crippen LogP contribution in [0.4, 0.5) is 5.69 Å². The summed E-state index contributed by atoms with van der Waals surface area (Å²) >= 11 is 5.96. The highest BCUT2D eigenvalue weighted by molar-refractivity contribution is 6.32. The van der Waals surface area contributed by atoms with Crippen molar-refractivity contribution in [1.29, 1.82) is 5.26 Å². The van der Waals surface area contributed by atoms with Gasteiger partial charge in [-0.25, -0.2) is 0 Å². The summed E-state index contributed by atoms with van der Waals surface area (Å²) in [6.45, 7) is 2.32. The van der Waals surface area contributed by atoms with Crippen LogP contribution in [0.3, 0.4) is 0 Å². The van der Waals surface area contributed by atoms with Gasteiger partial charge >= 0.3 is 5.97 Å². The highest BCUT2D eigenvalue weighted by atomic mass is 35.5. The van der Waals surface area contributed by atoms with E-state index in [1.54, 1.807) is 25.1 Å². The molecule has 0 amide bonds. The standard InChI is InChI=1S/C13H15ClN2O2/c1-9(13(17)18-3)8-16(2)11-5-4-10(7-15)12(14)6-11/h4-6,9H,8H2,1-3H3. The van der Waals surface area contributed by atoms with Crippen LogP contribution in [0.1, 0.15) is 12.5 Å². The van der Waals surface area contributed by atoms with E-state index in [4.69, 9.17) is 16.9 Å². The maximum Gasteiger partial charge on any atom is 0.310 e. The Kier molecular flexibility index (Phi) is 4.99. The van der Waals surface area contributed by atoms with Crippen molar-refractivity contribution in [2.75, 3.05) is 25.6 Å². The molecule has 0 radical (unpaired) electrons. The van der Waals surface area contributed by atoms with E-state index in [-0.39, 0.29) is 11.9 Å². The maximum absolute atomic E-state index is 11.3. The molecule has 1 atom stereocenters. The Morgan fingerprint density at radius 1 is 1.61 bits per heavy atom. The second-order valence-electron chi connectivity index (χ2n) is 4.08. The van der Waals surface area contributed by atoms with E-state index in [0.29, 0.717) is 17.1 Å². The molecule has 0 heterocycles. The number of anilines is 1. The zero-order chi connectivity index (χ0) is 13.7. The van der Waals surface area contributed by atoms with Gasteiger partial charge in [0, 0.05) is 19.3 Å². The molecule has 1 unspecified atom stereocenters. The third kappa shape index (κ3) is 3.38. The number of nitrogens with zero attached hydrogens (tertiary/aromatic N) is 2. The molecule has 1 aromatic rings. The van der Waals surface area contributed by atoms with Crippen molar-refractivity contribution in [1.82, 2.24) is 0 Å². The summed E-state index contributed by atoms with van der Waals surface area (Å²) < 4.78 is 4.67. The van der Waals surface area contributed by atoms with E-state index < -0.39 is 0 Å². The number of methoxy groups -OCH3 is 1. The van der Waals surface area contributed by atoms with Crippen molar-refractivity contribution in [3.63, 3.8) is 0 Å². The average Bonchev–Trinajstić information content (AvgIpc) is 2.37. The van der Waals surface area contributed by atoms with Gasteiger partial charge in [-0.15, -0.1) is 0 Å². The van der Waals surface area contributed by atoms with Gasteiger partial charge in [0.15, 0.2) is 0 Å². The van der Waals surface area contributed by atoms with E-state index in [1.807, 2.05) is 18.0 Å². The minimum atomic E-state index is -0.249. The first-order valence-electron chi connectivity index (χ1n) is 5.48. The van der Waals surface area contributed by atoms with Gasteiger partial charge in [0.25, 0.3) is 0 Å². The largest absolute Gasteiger partial charge is 0.469 e. The van der Waals surface area contributed by atoms with Gasteiger partial charge in [-0.3, -0.25) is 4.79 Å². The summed E-state index contributed by atoms with van der Waals surface area (Å²) in [5, 5.41) is 9.20. The summed E-state index contributed by atoms with van der Waals surface area (Å²) in [6, 6.07) is 7.18. The van der Waals surface area contributed by atoms with Crippen molar-refractivity contribution in [3.8, 4) is 6.07 Å². The first-order chi connectivity index (χ1) is 8.49. The Balaban J connectivity index is 2.79. The van der Waals surface area contributed by atoms with Crippen LogP contribution in [0.25, 0.3) is 0 Å². The lowest BCUT2D eigenvalue weighted by Crippen LogP contribution is -2.29. The molecule has 0 saturated heterocycles. The lowest BCUT2D eigenvalue weighted by molar-refractivity contribution is -0.144. The van der Waals surface area contributed by atoms with Crippen LogP contribution in [-0.4, -0.2) is 26.7 Å². The molecule has 0 fully saturated rings. The van der Waals surface area contributed by atoms with E-state index in [1.165, 1.54) is 7.11 Å². The number of carbonyl (C=O) groups is 1. The number of carbonyl (C=O) groups excluding carboxylic acids is 1. The summed E-state index contributed by atoms with van der Waals surface area (Å²) in [4.78, 5) is 13.2. The predicted octanol–water partition coefficient (Wildman–Crippen LogP) is 2.46. The van der Waals surface area contributed by atoms with Crippen molar-refractivity contribution < 1.29 is 9.53 Å². The fourth-order valence-electron chi connectivity index (χ4n) is 1.62. The minimum absolute atomic E-state index is 0.227. The Hall–Kier alpha value is -1.73. The SMILES string of the molecule is COC(=O)C(C)CN(C)c1ccc(C#N)c(Cl)c1. The van der Waals surface area contributed by atoms with Gasteiger partial charge in [0.2, 0.25) is 0 Å². The van der Waals surface area contributed by atoms with Crippen LogP contribution >= 0.6 is 11.6 Å². The quantitative estimate of drug-likeness (QED) is 0.786. The highest BCUT2D eigenvalue weighted by Gasteiger charge is 2.16. The molecule has 96 valence electrons. The molecule has 0 N–H and O–H groups in total. The number of nitriles is 1. The summed E-state index contributed by atoms with van der Waals surface area (Å²) in [5.74, 6) is -0.476. The number of hydrogen-bond acceptors (Lipinski definition) is 4. The fourth-order valence-corrected chi connectivity index (χ4v) is 1.84. The molecule has 1 rings (SSSR count). The Labute approximate surface area is 112 Å². The zero-order valence-electron chi connectivity index (χ0n) is 10.6. The van der Waals surface area contributed by atoms with Crippen molar-refractivity contribution in [2.45, 2.75) is 6.92 Å². The highest BCUT2D eigenvalue weighted by Crippen LogP contribution is 2.23. The van der Waals surface area contributed by atoms with Gasteiger partial charge in [-0.2, -0.15) is 5.26 Å². The number of rotatable bonds is 4. The molecule has 0 aliphatic rings. The van der Waals surface area contributed by atoms with Gasteiger partial charge in [0.1, 0.15) is 6.07 Å². The lowest BCUT2D eigenvalue weighted by Gasteiger charge is -2.22. The molecule has 5 heteroatoms. The van der Waals surface area contributed by atoms with Crippen LogP contribution in [0.15, 0.2) is 18.2 Å². The van der Waals surface area contributed by atoms with Gasteiger partial charge < -0.3 is 9.64 Å². The van der Waals surface area contributed by atoms with Gasteiger partial charge in [0.05, 0.1) is 23.6 Å². The molecule has 0 bridgehead atoms. The molecule has 0 aliphatic heterocycles. The normalized spacial score (nSPS) is 11.5. The summed E-state index contributed by atoms with van der Waals surface area (Å²) in [5.41, 5.74) is 1.30. The first kappa shape index (κ1) is 14.3. The number of hydrogen-bond donors (Lipinski definition) is 0. The first-order valence-corrected chi connectivity index (χ1v) is 5.86. The molecule has 0 aliphatic carbocycles. The molecule has 4 nitrogen and oxygen atoms in total. The van der Waals surface area contributed by atoms with Gasteiger partial charge in [-0.05, 0) is 18.2 Å². The molecular formula is C13H15ClN2O2. The monoisotopic (exact) mass is 266 g/mol. The topological polar surface area (TPSA) is 53.3 Å². The number of benzene rings is 1. The zero-order valence-corrected chi connectivity index (χ0v) is 11.4. The lowest BCUT2D eigenvalue weighted by atomic mass is 10.1. The van der Waals surface area contributed by atoms with Crippen LogP contribution in [0.2, 0.25) is 5.02 Å². The van der Waals surface area contributed by atoms with Crippen molar-refractivity contribution in [3.05, 3.63) is 28.8 Å². The molecule has 18 heavy (non-hydrogen) atoms. The number of esters is 1. The van der Waals surface area contributed by atoms with Crippen molar-refractivity contribution in [2.24, 2.45) is 5.92 Å². The smallest absolute Gasteiger partial charge is 0.310 e. The fraction of sp³-hybridized carbons (Fsp3) is 0.385. The summed E-state index contributed by atoms with van der Waals surface area (Å²) in [7, 11) is 3.23. The van der Waals surface area contributed by atoms with E-state index in [2.05, 4.69) is 4.74 Å². The van der Waals surface area contributed by atoms with Crippen LogP contribution < -0.4 is 4.90 Å². The molecule has 1 aromatic carbocycles. The average molecular weight is 267 g/mol. The third-order valence-electron chi connectivity index (χ3n) is 2.67. The van der Waals surface area contributed by atoms with Gasteiger partial charge in [-0.1, -0.05) is 18.5 Å². The third-order valence-corrected chi connectivity index (χ3v) is 2.98. The van der Waals surface area contributed by atoms with Crippen LogP contribution in [-0.2, 0) is 9.53 Å². The summed E-state index contributed by atoms with van der Waals surface area (Å²) in [6.07, 6.45) is 0. The second-order valence-corrected chi connectivity index (χ2v) is 4.49. The van der Waals surface area contributed by atoms with Crippen LogP contribution in [0, 0.1) is 17.2 Å². The molecular weight excluding hydrogens is 252 g/mol. The number of halogens is 1. The van der Waals surface area contributed by atoms with Crippen molar-refractivity contribution >= 4 is 23.3 Å². The minimum Gasteiger partial charge on any atom is -0.469 e. The Morgan fingerprint density at radius 2 is 2.28 bits per heavy atom.